The molecule has 0 atom stereocenters. The van der Waals surface area contributed by atoms with Crippen LogP contribution in [0.1, 0.15) is 10.4 Å². The van der Waals surface area contributed by atoms with Crippen LogP contribution in [0.25, 0.3) is 5.69 Å². The number of methoxy groups -OCH3 is 1. The smallest absolute Gasteiger partial charge is 0.342 e. The van der Waals surface area contributed by atoms with E-state index >= 15 is 0 Å². The lowest BCUT2D eigenvalue weighted by atomic mass is 10.1. The van der Waals surface area contributed by atoms with Crippen molar-refractivity contribution in [2.45, 2.75) is 0 Å². The van der Waals surface area contributed by atoms with Gasteiger partial charge in [0.1, 0.15) is 5.56 Å². The van der Waals surface area contributed by atoms with Crippen LogP contribution in [0.5, 0.6) is 5.75 Å². The van der Waals surface area contributed by atoms with Gasteiger partial charge in [-0.25, -0.2) is 14.0 Å². The van der Waals surface area contributed by atoms with Crippen LogP contribution in [0, 0.1) is 5.82 Å². The summed E-state index contributed by atoms with van der Waals surface area (Å²) < 4.78 is 20.2. The Balaban J connectivity index is 2.85. The van der Waals surface area contributed by atoms with E-state index in [2.05, 4.69) is 15.9 Å². The number of nitrogens with zero attached hydrogens (tertiary/aromatic N) is 1. The maximum Gasteiger partial charge on any atom is 0.342 e. The molecule has 7 nitrogen and oxygen atoms in total. The number of carbonyl (C=O) groups is 1. The van der Waals surface area contributed by atoms with Gasteiger partial charge in [-0.15, -0.1) is 0 Å². The van der Waals surface area contributed by atoms with Gasteiger partial charge in [0.2, 0.25) is 0 Å². The second-order valence-electron chi connectivity index (χ2n) is 3.89. The van der Waals surface area contributed by atoms with Gasteiger partial charge < -0.3 is 9.84 Å². The molecule has 2 aromatic rings. The molecule has 110 valence electrons. The lowest BCUT2D eigenvalue weighted by Crippen LogP contribution is -2.28. The van der Waals surface area contributed by atoms with Crippen molar-refractivity contribution in [1.29, 1.82) is 0 Å². The summed E-state index contributed by atoms with van der Waals surface area (Å²) in [5, 5.41) is 9.10. The van der Waals surface area contributed by atoms with Gasteiger partial charge in [0.05, 0.1) is 17.3 Å². The van der Waals surface area contributed by atoms with Crippen LogP contribution in [0.15, 0.2) is 32.4 Å². The SMILES string of the molecule is COc1c(Br)cc(-n2ccc(=O)[nH]c2=O)c(F)c1C(=O)O. The van der Waals surface area contributed by atoms with Crippen molar-refractivity contribution >= 4 is 21.9 Å². The number of H-pyrrole nitrogens is 1. The van der Waals surface area contributed by atoms with Crippen LogP contribution in [0.3, 0.4) is 0 Å². The fourth-order valence-corrected chi connectivity index (χ4v) is 2.35. The van der Waals surface area contributed by atoms with Gasteiger partial charge in [-0.3, -0.25) is 14.3 Å². The summed E-state index contributed by atoms with van der Waals surface area (Å²) in [5.41, 5.74) is -2.60. The standard InChI is InChI=1S/C12H8BrFN2O5/c1-21-10-5(13)4-6(9(14)8(10)11(18)19)16-3-2-7(17)15-12(16)20/h2-4H,1H3,(H,18,19)(H,15,17,20). The highest BCUT2D eigenvalue weighted by atomic mass is 79.9. The molecule has 21 heavy (non-hydrogen) atoms. The first-order valence-electron chi connectivity index (χ1n) is 5.48. The average Bonchev–Trinajstić information content (AvgIpc) is 2.40. The van der Waals surface area contributed by atoms with E-state index < -0.39 is 28.6 Å². The highest BCUT2D eigenvalue weighted by Crippen LogP contribution is 2.34. The molecule has 9 heteroatoms. The van der Waals surface area contributed by atoms with Crippen molar-refractivity contribution in [2.24, 2.45) is 0 Å². The van der Waals surface area contributed by atoms with Gasteiger partial charge in [-0.05, 0) is 22.0 Å². The molecule has 0 saturated heterocycles. The van der Waals surface area contributed by atoms with Crippen LogP contribution in [0.2, 0.25) is 0 Å². The third-order valence-corrected chi connectivity index (χ3v) is 3.24. The predicted octanol–water partition coefficient (Wildman–Crippen LogP) is 1.13. The molecule has 1 aromatic heterocycles. The van der Waals surface area contributed by atoms with Gasteiger partial charge in [0, 0.05) is 12.3 Å². The van der Waals surface area contributed by atoms with Crippen LogP contribution in [0.4, 0.5) is 4.39 Å². The molecular weight excluding hydrogens is 351 g/mol. The number of aromatic amines is 1. The largest absolute Gasteiger partial charge is 0.495 e. The van der Waals surface area contributed by atoms with Gasteiger partial charge in [-0.1, -0.05) is 0 Å². The molecule has 1 heterocycles. The fraction of sp³-hybridized carbons (Fsp3) is 0.0833. The number of carboxylic acid groups (broad SMARTS) is 1. The molecule has 0 saturated carbocycles. The van der Waals surface area contributed by atoms with E-state index in [0.717, 1.165) is 16.8 Å². The molecule has 0 spiro atoms. The first-order valence-corrected chi connectivity index (χ1v) is 6.27. The summed E-state index contributed by atoms with van der Waals surface area (Å²) in [6.45, 7) is 0. The summed E-state index contributed by atoms with van der Waals surface area (Å²) in [4.78, 5) is 35.8. The van der Waals surface area contributed by atoms with Crippen LogP contribution >= 0.6 is 15.9 Å². The Morgan fingerprint density at radius 1 is 1.48 bits per heavy atom. The summed E-state index contributed by atoms with van der Waals surface area (Å²) in [5.74, 6) is -2.91. The Morgan fingerprint density at radius 2 is 2.14 bits per heavy atom. The van der Waals surface area contributed by atoms with Crippen molar-refractivity contribution in [2.75, 3.05) is 7.11 Å². The number of nitrogens with one attached hydrogen (secondary N) is 1. The Hall–Kier alpha value is -2.42. The Kier molecular flexibility index (Phi) is 3.94. The molecule has 2 rings (SSSR count). The minimum absolute atomic E-state index is 0.150. The minimum Gasteiger partial charge on any atom is -0.495 e. The number of ether oxygens (including phenoxy) is 1. The highest BCUT2D eigenvalue weighted by Gasteiger charge is 2.24. The molecule has 1 aromatic carbocycles. The molecule has 0 fully saturated rings. The molecular formula is C12H8BrFN2O5. The third-order valence-electron chi connectivity index (χ3n) is 2.65. The second kappa shape index (κ2) is 5.52. The van der Waals surface area contributed by atoms with Crippen molar-refractivity contribution in [3.8, 4) is 11.4 Å². The van der Waals surface area contributed by atoms with E-state index in [-0.39, 0.29) is 15.9 Å². The first-order chi connectivity index (χ1) is 9.86. The zero-order valence-electron chi connectivity index (χ0n) is 10.5. The predicted molar refractivity (Wildman–Crippen MR) is 73.8 cm³/mol. The number of benzene rings is 1. The molecule has 0 bridgehead atoms. The van der Waals surface area contributed by atoms with E-state index in [1.54, 1.807) is 0 Å². The van der Waals surface area contributed by atoms with E-state index in [1.807, 2.05) is 4.98 Å². The van der Waals surface area contributed by atoms with E-state index in [4.69, 9.17) is 9.84 Å². The lowest BCUT2D eigenvalue weighted by Gasteiger charge is -2.13. The summed E-state index contributed by atoms with van der Waals surface area (Å²) in [6.07, 6.45) is 1.05. The summed E-state index contributed by atoms with van der Waals surface area (Å²) in [6, 6.07) is 2.19. The maximum absolute atomic E-state index is 14.4. The Labute approximate surface area is 124 Å². The quantitative estimate of drug-likeness (QED) is 0.856. The topological polar surface area (TPSA) is 101 Å². The summed E-state index contributed by atoms with van der Waals surface area (Å²) >= 11 is 3.05. The normalized spacial score (nSPS) is 10.4. The molecule has 2 N–H and O–H groups in total. The minimum atomic E-state index is -1.55. The number of halogens is 2. The fourth-order valence-electron chi connectivity index (χ4n) is 1.77. The Bertz CT molecular complexity index is 843. The van der Waals surface area contributed by atoms with Crippen molar-refractivity contribution in [1.82, 2.24) is 9.55 Å². The van der Waals surface area contributed by atoms with E-state index in [1.165, 1.54) is 13.2 Å². The van der Waals surface area contributed by atoms with Crippen molar-refractivity contribution in [3.63, 3.8) is 0 Å². The lowest BCUT2D eigenvalue weighted by molar-refractivity contribution is 0.0687. The summed E-state index contributed by atoms with van der Waals surface area (Å²) in [7, 11) is 1.19. The number of carboxylic acids is 1. The number of aromatic nitrogens is 2. The molecule has 0 unspecified atom stereocenters. The zero-order chi connectivity index (χ0) is 15.7. The second-order valence-corrected chi connectivity index (χ2v) is 4.74. The van der Waals surface area contributed by atoms with E-state index in [0.29, 0.717) is 0 Å². The molecule has 0 aliphatic rings. The number of rotatable bonds is 3. The molecule has 0 radical (unpaired) electrons. The van der Waals surface area contributed by atoms with E-state index in [9.17, 15) is 18.8 Å². The molecule has 0 aliphatic heterocycles. The van der Waals surface area contributed by atoms with Crippen LogP contribution in [-0.2, 0) is 0 Å². The monoisotopic (exact) mass is 358 g/mol. The van der Waals surface area contributed by atoms with Crippen LogP contribution in [-0.4, -0.2) is 27.7 Å². The first kappa shape index (κ1) is 15.0. The zero-order valence-corrected chi connectivity index (χ0v) is 12.1. The van der Waals surface area contributed by atoms with Crippen molar-refractivity contribution in [3.05, 3.63) is 55.0 Å². The average molecular weight is 359 g/mol. The number of hydrogen-bond donors (Lipinski definition) is 2. The van der Waals surface area contributed by atoms with Crippen LogP contribution < -0.4 is 16.0 Å². The number of aromatic carboxylic acids is 1. The maximum atomic E-state index is 14.4. The highest BCUT2D eigenvalue weighted by molar-refractivity contribution is 9.10. The molecule has 0 amide bonds. The number of hydrogen-bond acceptors (Lipinski definition) is 4. The molecule has 0 aliphatic carbocycles. The van der Waals surface area contributed by atoms with Gasteiger partial charge in [0.15, 0.2) is 11.6 Å². The van der Waals surface area contributed by atoms with Gasteiger partial charge in [-0.2, -0.15) is 0 Å². The third kappa shape index (κ3) is 2.59. The van der Waals surface area contributed by atoms with Gasteiger partial charge in [0.25, 0.3) is 5.56 Å². The van der Waals surface area contributed by atoms with Gasteiger partial charge >= 0.3 is 11.7 Å². The van der Waals surface area contributed by atoms with Crippen molar-refractivity contribution < 1.29 is 19.0 Å². The Morgan fingerprint density at radius 3 is 2.67 bits per heavy atom.